The first kappa shape index (κ1) is 15.8. The maximum Gasteiger partial charge on any atom is 0.354 e. The molecule has 0 spiro atoms. The average molecular weight is 334 g/mol. The van der Waals surface area contributed by atoms with Crippen LogP contribution in [0.25, 0.3) is 0 Å². The van der Waals surface area contributed by atoms with Crippen LogP contribution in [0.15, 0.2) is 23.7 Å². The van der Waals surface area contributed by atoms with Crippen LogP contribution in [0.3, 0.4) is 0 Å². The van der Waals surface area contributed by atoms with E-state index in [2.05, 4.69) is 16.4 Å². The smallest absolute Gasteiger partial charge is 0.354 e. The van der Waals surface area contributed by atoms with Crippen molar-refractivity contribution in [2.75, 3.05) is 18.5 Å². The zero-order valence-corrected chi connectivity index (χ0v) is 13.6. The fourth-order valence-electron chi connectivity index (χ4n) is 2.55. The lowest BCUT2D eigenvalue weighted by Crippen LogP contribution is -2.20. The quantitative estimate of drug-likeness (QED) is 0.824. The second kappa shape index (κ2) is 6.97. The van der Waals surface area contributed by atoms with Gasteiger partial charge >= 0.3 is 5.97 Å². The molecule has 7 heteroatoms. The summed E-state index contributed by atoms with van der Waals surface area (Å²) in [7, 11) is 0. The van der Waals surface area contributed by atoms with Crippen molar-refractivity contribution in [3.8, 4) is 0 Å². The lowest BCUT2D eigenvalue weighted by molar-refractivity contribution is -0.119. The van der Waals surface area contributed by atoms with Gasteiger partial charge in [0.25, 0.3) is 0 Å². The lowest BCUT2D eigenvalue weighted by atomic mass is 10.1. The molecule has 0 saturated carbocycles. The Kier molecular flexibility index (Phi) is 4.78. The number of anilines is 1. The van der Waals surface area contributed by atoms with Crippen LogP contribution >= 0.6 is 11.3 Å². The number of aromatic amines is 1. The Bertz CT molecular complexity index is 707. The van der Waals surface area contributed by atoms with Crippen LogP contribution in [0.1, 0.15) is 40.4 Å². The van der Waals surface area contributed by atoms with Gasteiger partial charge in [-0.05, 0) is 36.4 Å². The summed E-state index contributed by atoms with van der Waals surface area (Å²) < 4.78 is 10.6. The van der Waals surface area contributed by atoms with Crippen molar-refractivity contribution < 1.29 is 19.1 Å². The number of rotatable bonds is 5. The highest BCUT2D eigenvalue weighted by Gasteiger charge is 2.24. The van der Waals surface area contributed by atoms with Gasteiger partial charge in [0.05, 0.1) is 25.3 Å². The van der Waals surface area contributed by atoms with Crippen LogP contribution in [-0.2, 0) is 20.7 Å². The number of carbonyl (C=O) groups is 2. The molecule has 122 valence electrons. The van der Waals surface area contributed by atoms with Gasteiger partial charge in [0.1, 0.15) is 11.8 Å². The monoisotopic (exact) mass is 334 g/mol. The van der Waals surface area contributed by atoms with Crippen molar-refractivity contribution in [3.05, 3.63) is 39.8 Å². The van der Waals surface area contributed by atoms with Gasteiger partial charge in [0, 0.05) is 11.1 Å². The highest BCUT2D eigenvalue weighted by molar-refractivity contribution is 7.10. The largest absolute Gasteiger partial charge is 0.461 e. The minimum atomic E-state index is -0.438. The minimum absolute atomic E-state index is 0.148. The topological polar surface area (TPSA) is 80.4 Å². The molecule has 23 heavy (non-hydrogen) atoms. The van der Waals surface area contributed by atoms with E-state index in [1.807, 2.05) is 5.38 Å². The van der Waals surface area contributed by atoms with Gasteiger partial charge in [-0.15, -0.1) is 11.3 Å². The van der Waals surface area contributed by atoms with Crippen molar-refractivity contribution in [1.82, 2.24) is 4.98 Å². The zero-order valence-electron chi connectivity index (χ0n) is 12.8. The predicted molar refractivity (Wildman–Crippen MR) is 86.7 cm³/mol. The van der Waals surface area contributed by atoms with Crippen LogP contribution in [0.2, 0.25) is 0 Å². The molecule has 0 saturated heterocycles. The summed E-state index contributed by atoms with van der Waals surface area (Å²) in [5.74, 6) is -0.586. The Hall–Kier alpha value is -2.12. The first-order chi connectivity index (χ1) is 11.2. The van der Waals surface area contributed by atoms with Crippen molar-refractivity contribution in [1.29, 1.82) is 0 Å². The maximum atomic E-state index is 12.2. The molecule has 1 aliphatic rings. The van der Waals surface area contributed by atoms with Gasteiger partial charge in [0.2, 0.25) is 5.91 Å². The van der Waals surface area contributed by atoms with Gasteiger partial charge in [0.15, 0.2) is 0 Å². The fraction of sp³-hybridized carbons (Fsp3) is 0.375. The normalized spacial score (nSPS) is 16.7. The number of H-pyrrole nitrogens is 1. The van der Waals surface area contributed by atoms with E-state index in [-0.39, 0.29) is 18.4 Å². The number of hydrogen-bond acceptors (Lipinski definition) is 5. The summed E-state index contributed by atoms with van der Waals surface area (Å²) in [6.07, 6.45) is 2.54. The number of carbonyl (C=O) groups excluding carboxylic acids is 2. The molecular formula is C16H18N2O4S. The van der Waals surface area contributed by atoms with Crippen molar-refractivity contribution in [2.24, 2.45) is 0 Å². The highest BCUT2D eigenvalue weighted by Crippen LogP contribution is 2.34. The zero-order chi connectivity index (χ0) is 16.2. The molecule has 2 N–H and O–H groups in total. The van der Waals surface area contributed by atoms with E-state index in [4.69, 9.17) is 9.47 Å². The number of ether oxygens (including phenoxy) is 2. The number of amides is 1. The number of hydrogen-bond donors (Lipinski definition) is 2. The summed E-state index contributed by atoms with van der Waals surface area (Å²) in [5, 5.41) is 4.81. The van der Waals surface area contributed by atoms with E-state index in [0.717, 1.165) is 11.3 Å². The highest BCUT2D eigenvalue weighted by atomic mass is 32.1. The van der Waals surface area contributed by atoms with Gasteiger partial charge in [-0.3, -0.25) is 4.79 Å². The van der Waals surface area contributed by atoms with Crippen molar-refractivity contribution in [3.63, 3.8) is 0 Å². The number of thiophene rings is 1. The fourth-order valence-corrected chi connectivity index (χ4v) is 3.55. The van der Waals surface area contributed by atoms with Crippen molar-refractivity contribution in [2.45, 2.75) is 25.9 Å². The summed E-state index contributed by atoms with van der Waals surface area (Å²) in [4.78, 5) is 27.7. The minimum Gasteiger partial charge on any atom is -0.461 e. The van der Waals surface area contributed by atoms with E-state index in [9.17, 15) is 9.59 Å². The molecule has 3 heterocycles. The number of aromatic nitrogens is 1. The second-order valence-corrected chi connectivity index (χ2v) is 6.14. The Balaban J connectivity index is 1.59. The molecule has 0 unspecified atom stereocenters. The Labute approximate surface area is 137 Å². The molecule has 1 aliphatic heterocycles. The Morgan fingerprint density at radius 3 is 3.22 bits per heavy atom. The molecule has 0 aliphatic carbocycles. The predicted octanol–water partition coefficient (Wildman–Crippen LogP) is 2.90. The lowest BCUT2D eigenvalue weighted by Gasteiger charge is -2.22. The van der Waals surface area contributed by atoms with Gasteiger partial charge in [-0.1, -0.05) is 0 Å². The first-order valence-electron chi connectivity index (χ1n) is 7.50. The molecule has 3 rings (SSSR count). The van der Waals surface area contributed by atoms with Gasteiger partial charge < -0.3 is 19.8 Å². The molecule has 1 amide bonds. The SMILES string of the molecule is CCOC(=O)c1cc(NC(=O)C[C@@H]2OCCc3ccsc32)c[nH]1. The standard InChI is InChI=1S/C16H18N2O4S/c1-2-21-16(20)12-7-11(9-17-12)18-14(19)8-13-15-10(3-5-22-13)4-6-23-15/h4,6-7,9,13,17H,2-3,5,8H2,1H3,(H,18,19)/t13-/m0/s1. The molecule has 6 nitrogen and oxygen atoms in total. The summed E-state index contributed by atoms with van der Waals surface area (Å²) in [5.41, 5.74) is 2.13. The third-order valence-electron chi connectivity index (χ3n) is 3.60. The van der Waals surface area contributed by atoms with E-state index in [1.165, 1.54) is 5.56 Å². The summed E-state index contributed by atoms with van der Waals surface area (Å²) in [6, 6.07) is 3.65. The molecule has 0 bridgehead atoms. The molecule has 2 aromatic heterocycles. The van der Waals surface area contributed by atoms with E-state index in [0.29, 0.717) is 24.6 Å². The second-order valence-electron chi connectivity index (χ2n) is 5.19. The Morgan fingerprint density at radius 2 is 2.39 bits per heavy atom. The number of fused-ring (bicyclic) bond motifs is 1. The molecule has 0 radical (unpaired) electrons. The maximum absolute atomic E-state index is 12.2. The summed E-state index contributed by atoms with van der Waals surface area (Å²) >= 11 is 1.62. The molecule has 2 aromatic rings. The van der Waals surface area contributed by atoms with Crippen LogP contribution < -0.4 is 5.32 Å². The van der Waals surface area contributed by atoms with Gasteiger partial charge in [-0.2, -0.15) is 0 Å². The van der Waals surface area contributed by atoms with E-state index < -0.39 is 5.97 Å². The Morgan fingerprint density at radius 1 is 1.52 bits per heavy atom. The average Bonchev–Trinajstić information content (AvgIpc) is 3.16. The number of nitrogens with one attached hydrogen (secondary N) is 2. The van der Waals surface area contributed by atoms with Crippen LogP contribution in [0.5, 0.6) is 0 Å². The van der Waals surface area contributed by atoms with Crippen LogP contribution in [0.4, 0.5) is 5.69 Å². The van der Waals surface area contributed by atoms with Gasteiger partial charge in [-0.25, -0.2) is 4.79 Å². The first-order valence-corrected chi connectivity index (χ1v) is 8.38. The van der Waals surface area contributed by atoms with E-state index in [1.54, 1.807) is 30.5 Å². The van der Waals surface area contributed by atoms with E-state index >= 15 is 0 Å². The third-order valence-corrected chi connectivity index (χ3v) is 4.65. The number of esters is 1. The third kappa shape index (κ3) is 3.62. The molecule has 0 aromatic carbocycles. The summed E-state index contributed by atoms with van der Waals surface area (Å²) in [6.45, 7) is 2.69. The molecule has 1 atom stereocenters. The molecular weight excluding hydrogens is 316 g/mol. The van der Waals surface area contributed by atoms with Crippen LogP contribution in [0, 0.1) is 0 Å². The van der Waals surface area contributed by atoms with Crippen molar-refractivity contribution >= 4 is 28.9 Å². The molecule has 0 fully saturated rings. The van der Waals surface area contributed by atoms with Crippen LogP contribution in [-0.4, -0.2) is 30.1 Å².